The third-order valence-electron chi connectivity index (χ3n) is 3.23. The van der Waals surface area contributed by atoms with Crippen LogP contribution in [0.1, 0.15) is 12.2 Å². The van der Waals surface area contributed by atoms with Gasteiger partial charge in [-0.05, 0) is 28.4 Å². The van der Waals surface area contributed by atoms with Crippen molar-refractivity contribution in [3.05, 3.63) is 40.6 Å². The molecule has 0 fully saturated rings. The van der Waals surface area contributed by atoms with Crippen molar-refractivity contribution in [2.45, 2.75) is 25.4 Å². The molecule has 0 bridgehead atoms. The molecule has 0 aliphatic rings. The Kier molecular flexibility index (Phi) is 4.21. The SMILES string of the molecule is Fc1cc2c(cc1Br)nc(CCl)n2CCCn1ccnn1. The van der Waals surface area contributed by atoms with Gasteiger partial charge in [-0.25, -0.2) is 9.37 Å². The number of imidazole rings is 1. The molecule has 2 heterocycles. The molecule has 0 aliphatic heterocycles. The number of aromatic nitrogens is 5. The van der Waals surface area contributed by atoms with Crippen LogP contribution < -0.4 is 0 Å². The fourth-order valence-corrected chi connectivity index (χ4v) is 2.80. The maximum atomic E-state index is 13.7. The summed E-state index contributed by atoms with van der Waals surface area (Å²) in [7, 11) is 0. The van der Waals surface area contributed by atoms with Crippen molar-refractivity contribution in [1.29, 1.82) is 0 Å². The number of hydrogen-bond acceptors (Lipinski definition) is 3. The van der Waals surface area contributed by atoms with Gasteiger partial charge in [0, 0.05) is 25.4 Å². The average molecular weight is 373 g/mol. The zero-order valence-electron chi connectivity index (χ0n) is 11.0. The number of nitrogens with zero attached hydrogens (tertiary/aromatic N) is 5. The molecule has 0 saturated carbocycles. The topological polar surface area (TPSA) is 48.5 Å². The molecule has 1 aromatic carbocycles. The minimum Gasteiger partial charge on any atom is -0.327 e. The third-order valence-corrected chi connectivity index (χ3v) is 4.08. The van der Waals surface area contributed by atoms with Crippen molar-refractivity contribution >= 4 is 38.6 Å². The van der Waals surface area contributed by atoms with E-state index in [1.165, 1.54) is 6.07 Å². The summed E-state index contributed by atoms with van der Waals surface area (Å²) in [4.78, 5) is 4.45. The first-order valence-corrected chi connectivity index (χ1v) is 7.76. The highest BCUT2D eigenvalue weighted by molar-refractivity contribution is 9.10. The fraction of sp³-hybridized carbons (Fsp3) is 0.308. The number of halogens is 3. The molecule has 0 amide bonds. The molecular formula is C13H12BrClFN5. The van der Waals surface area contributed by atoms with Crippen LogP contribution in [0.4, 0.5) is 4.39 Å². The van der Waals surface area contributed by atoms with Crippen LogP contribution in [0, 0.1) is 5.82 Å². The van der Waals surface area contributed by atoms with E-state index in [0.717, 1.165) is 29.8 Å². The Balaban J connectivity index is 1.87. The Hall–Kier alpha value is -1.47. The van der Waals surface area contributed by atoms with E-state index in [1.807, 2.05) is 10.8 Å². The van der Waals surface area contributed by atoms with E-state index in [1.54, 1.807) is 16.9 Å². The first-order chi connectivity index (χ1) is 10.2. The number of rotatable bonds is 5. The summed E-state index contributed by atoms with van der Waals surface area (Å²) in [5, 5.41) is 7.68. The molecule has 5 nitrogen and oxygen atoms in total. The molecule has 3 aromatic rings. The maximum Gasteiger partial charge on any atom is 0.139 e. The van der Waals surface area contributed by atoms with Crippen LogP contribution in [0.2, 0.25) is 0 Å². The Bertz CT molecular complexity index is 756. The largest absolute Gasteiger partial charge is 0.327 e. The first-order valence-electron chi connectivity index (χ1n) is 6.43. The highest BCUT2D eigenvalue weighted by atomic mass is 79.9. The Morgan fingerprint density at radius 3 is 2.86 bits per heavy atom. The molecule has 0 spiro atoms. The van der Waals surface area contributed by atoms with Gasteiger partial charge in [-0.15, -0.1) is 16.7 Å². The molecular weight excluding hydrogens is 361 g/mol. The van der Waals surface area contributed by atoms with Crippen molar-refractivity contribution in [3.8, 4) is 0 Å². The molecule has 0 N–H and O–H groups in total. The molecule has 0 atom stereocenters. The lowest BCUT2D eigenvalue weighted by Gasteiger charge is -2.08. The standard InChI is InChI=1S/C13H12BrClFN5/c14-9-6-11-12(7-10(9)16)21(13(8-15)18-11)4-1-3-20-5-2-17-19-20/h2,5-7H,1,3-4,8H2. The molecule has 110 valence electrons. The number of fused-ring (bicyclic) bond motifs is 1. The lowest BCUT2D eigenvalue weighted by atomic mass is 10.3. The minimum absolute atomic E-state index is 0.289. The van der Waals surface area contributed by atoms with E-state index in [4.69, 9.17) is 11.6 Å². The smallest absolute Gasteiger partial charge is 0.139 e. The van der Waals surface area contributed by atoms with Gasteiger partial charge in [-0.2, -0.15) is 0 Å². The van der Waals surface area contributed by atoms with Crippen LogP contribution in [-0.2, 0) is 19.0 Å². The lowest BCUT2D eigenvalue weighted by molar-refractivity contribution is 0.514. The number of benzene rings is 1. The average Bonchev–Trinajstić information content (AvgIpc) is 3.08. The Morgan fingerprint density at radius 1 is 1.29 bits per heavy atom. The fourth-order valence-electron chi connectivity index (χ4n) is 2.26. The predicted octanol–water partition coefficient (Wildman–Crippen LogP) is 3.36. The summed E-state index contributed by atoms with van der Waals surface area (Å²) in [5.74, 6) is 0.723. The van der Waals surface area contributed by atoms with Gasteiger partial charge in [0.15, 0.2) is 0 Å². The van der Waals surface area contributed by atoms with Crippen molar-refractivity contribution in [2.75, 3.05) is 0 Å². The van der Waals surface area contributed by atoms with Gasteiger partial charge >= 0.3 is 0 Å². The van der Waals surface area contributed by atoms with E-state index in [9.17, 15) is 4.39 Å². The van der Waals surface area contributed by atoms with Crippen LogP contribution in [0.3, 0.4) is 0 Å². The summed E-state index contributed by atoms with van der Waals surface area (Å²) in [6.07, 6.45) is 4.28. The van der Waals surface area contributed by atoms with E-state index in [2.05, 4.69) is 31.2 Å². The summed E-state index contributed by atoms with van der Waals surface area (Å²) in [6.45, 7) is 1.43. The number of alkyl halides is 1. The van der Waals surface area contributed by atoms with Gasteiger partial charge in [-0.3, -0.25) is 4.68 Å². The van der Waals surface area contributed by atoms with Crippen molar-refractivity contribution < 1.29 is 4.39 Å². The van der Waals surface area contributed by atoms with E-state index in [0.29, 0.717) is 11.0 Å². The van der Waals surface area contributed by atoms with Gasteiger partial charge < -0.3 is 4.57 Å². The van der Waals surface area contributed by atoms with Gasteiger partial charge in [0.1, 0.15) is 11.6 Å². The normalized spacial score (nSPS) is 11.4. The minimum atomic E-state index is -0.305. The molecule has 0 radical (unpaired) electrons. The second-order valence-electron chi connectivity index (χ2n) is 4.59. The second kappa shape index (κ2) is 6.11. The van der Waals surface area contributed by atoms with Crippen LogP contribution in [0.25, 0.3) is 11.0 Å². The highest BCUT2D eigenvalue weighted by Gasteiger charge is 2.12. The van der Waals surface area contributed by atoms with Crippen molar-refractivity contribution in [1.82, 2.24) is 24.5 Å². The molecule has 2 aromatic heterocycles. The van der Waals surface area contributed by atoms with Gasteiger partial charge in [0.2, 0.25) is 0 Å². The zero-order chi connectivity index (χ0) is 14.8. The van der Waals surface area contributed by atoms with Crippen LogP contribution >= 0.6 is 27.5 Å². The summed E-state index contributed by atoms with van der Waals surface area (Å²) >= 11 is 9.12. The van der Waals surface area contributed by atoms with Crippen LogP contribution in [0.5, 0.6) is 0 Å². The third kappa shape index (κ3) is 2.94. The highest BCUT2D eigenvalue weighted by Crippen LogP contribution is 2.25. The van der Waals surface area contributed by atoms with Gasteiger partial charge in [0.05, 0.1) is 27.6 Å². The van der Waals surface area contributed by atoms with Crippen molar-refractivity contribution in [2.24, 2.45) is 0 Å². The maximum absolute atomic E-state index is 13.7. The van der Waals surface area contributed by atoms with Crippen LogP contribution in [-0.4, -0.2) is 24.5 Å². The second-order valence-corrected chi connectivity index (χ2v) is 5.71. The van der Waals surface area contributed by atoms with Gasteiger partial charge in [0.25, 0.3) is 0 Å². The molecule has 0 aliphatic carbocycles. The molecule has 21 heavy (non-hydrogen) atoms. The first kappa shape index (κ1) is 14.5. The van der Waals surface area contributed by atoms with E-state index in [-0.39, 0.29) is 11.7 Å². The lowest BCUT2D eigenvalue weighted by Crippen LogP contribution is -2.07. The van der Waals surface area contributed by atoms with E-state index < -0.39 is 0 Å². The summed E-state index contributed by atoms with van der Waals surface area (Å²) < 4.78 is 17.9. The number of aryl methyl sites for hydroxylation is 2. The van der Waals surface area contributed by atoms with Crippen LogP contribution in [0.15, 0.2) is 29.0 Å². The van der Waals surface area contributed by atoms with Crippen molar-refractivity contribution in [3.63, 3.8) is 0 Å². The number of hydrogen-bond donors (Lipinski definition) is 0. The predicted molar refractivity (Wildman–Crippen MR) is 81.6 cm³/mol. The molecule has 0 unspecified atom stereocenters. The Morgan fingerprint density at radius 2 is 2.14 bits per heavy atom. The molecule has 3 rings (SSSR count). The monoisotopic (exact) mass is 371 g/mol. The molecule has 0 saturated heterocycles. The molecule has 8 heteroatoms. The quantitative estimate of drug-likeness (QED) is 0.645. The summed E-state index contributed by atoms with van der Waals surface area (Å²) in [6, 6.07) is 3.16. The van der Waals surface area contributed by atoms with E-state index >= 15 is 0 Å². The Labute approximate surface area is 133 Å². The summed E-state index contributed by atoms with van der Waals surface area (Å²) in [5.41, 5.74) is 1.49. The zero-order valence-corrected chi connectivity index (χ0v) is 13.3. The van der Waals surface area contributed by atoms with Gasteiger partial charge in [-0.1, -0.05) is 5.21 Å².